The van der Waals surface area contributed by atoms with Crippen LogP contribution < -0.4 is 4.90 Å². The molecule has 1 saturated heterocycles. The van der Waals surface area contributed by atoms with Crippen LogP contribution in [0, 0.1) is 6.92 Å². The number of anilines is 1. The number of aromatic nitrogens is 2. The number of rotatable bonds is 6. The summed E-state index contributed by atoms with van der Waals surface area (Å²) in [5, 5.41) is 0. The van der Waals surface area contributed by atoms with Crippen molar-refractivity contribution >= 4 is 11.7 Å². The maximum absolute atomic E-state index is 12.9. The molecule has 0 radical (unpaired) electrons. The van der Waals surface area contributed by atoms with Crippen LogP contribution in [0.25, 0.3) is 11.4 Å². The number of aryl methyl sites for hydroxylation is 2. The fraction of sp³-hybridized carbons (Fsp3) is 0.370. The van der Waals surface area contributed by atoms with E-state index in [4.69, 9.17) is 4.98 Å². The van der Waals surface area contributed by atoms with E-state index in [1.54, 1.807) is 0 Å². The zero-order valence-corrected chi connectivity index (χ0v) is 20.0. The summed E-state index contributed by atoms with van der Waals surface area (Å²) < 4.78 is 38.8. The molecular formula is C27H29F3N4O. The fourth-order valence-electron chi connectivity index (χ4n) is 4.42. The molecule has 2 heterocycles. The van der Waals surface area contributed by atoms with Gasteiger partial charge in [0.1, 0.15) is 5.82 Å². The number of nitrogens with zero attached hydrogens (tertiary/aromatic N) is 4. The van der Waals surface area contributed by atoms with Crippen LogP contribution in [-0.4, -0.2) is 47.0 Å². The van der Waals surface area contributed by atoms with Crippen LogP contribution in [0.4, 0.5) is 19.0 Å². The van der Waals surface area contributed by atoms with E-state index < -0.39 is 11.7 Å². The van der Waals surface area contributed by atoms with Gasteiger partial charge in [0.25, 0.3) is 0 Å². The Labute approximate surface area is 203 Å². The molecule has 1 amide bonds. The zero-order chi connectivity index (χ0) is 25.0. The molecule has 3 aromatic rings. The molecule has 4 rings (SSSR count). The summed E-state index contributed by atoms with van der Waals surface area (Å²) in [4.78, 5) is 26.1. The molecule has 0 atom stereocenters. The third-order valence-corrected chi connectivity index (χ3v) is 6.42. The standard InChI is InChI=1S/C27H29F3N4O/c1-3-23-19(2)31-25(21-10-12-22(13-11-21)27(28,29)30)32-26(23)34-17-15-33(16-18-34)24(35)14-9-20-7-5-4-6-8-20/h4-8,10-13H,3,9,14-18H2,1-2H3. The van der Waals surface area contributed by atoms with Crippen molar-refractivity contribution < 1.29 is 18.0 Å². The van der Waals surface area contributed by atoms with Gasteiger partial charge in [-0.15, -0.1) is 0 Å². The highest BCUT2D eigenvalue weighted by atomic mass is 19.4. The minimum atomic E-state index is -4.38. The lowest BCUT2D eigenvalue weighted by atomic mass is 10.1. The van der Waals surface area contributed by atoms with Gasteiger partial charge in [0.15, 0.2) is 5.82 Å². The van der Waals surface area contributed by atoms with Gasteiger partial charge in [0, 0.05) is 49.4 Å². The number of hydrogen-bond donors (Lipinski definition) is 0. The van der Waals surface area contributed by atoms with E-state index in [-0.39, 0.29) is 5.91 Å². The van der Waals surface area contributed by atoms with Crippen LogP contribution in [0.15, 0.2) is 54.6 Å². The number of benzene rings is 2. The number of amides is 1. The minimum absolute atomic E-state index is 0.147. The first-order valence-corrected chi connectivity index (χ1v) is 11.9. The van der Waals surface area contributed by atoms with Crippen molar-refractivity contribution in [3.8, 4) is 11.4 Å². The van der Waals surface area contributed by atoms with Crippen LogP contribution in [0.1, 0.15) is 35.7 Å². The second-order valence-electron chi connectivity index (χ2n) is 8.72. The third-order valence-electron chi connectivity index (χ3n) is 6.42. The predicted molar refractivity (Wildman–Crippen MR) is 130 cm³/mol. The molecule has 0 saturated carbocycles. The Morgan fingerprint density at radius 1 is 0.943 bits per heavy atom. The smallest absolute Gasteiger partial charge is 0.353 e. The number of carbonyl (C=O) groups is 1. The van der Waals surface area contributed by atoms with Crippen molar-refractivity contribution in [1.29, 1.82) is 0 Å². The number of carbonyl (C=O) groups excluding carboxylic acids is 1. The summed E-state index contributed by atoms with van der Waals surface area (Å²) in [6, 6.07) is 14.9. The molecule has 35 heavy (non-hydrogen) atoms. The largest absolute Gasteiger partial charge is 0.416 e. The van der Waals surface area contributed by atoms with Crippen LogP contribution in [0.5, 0.6) is 0 Å². The van der Waals surface area contributed by atoms with E-state index in [0.717, 1.165) is 47.6 Å². The fourth-order valence-corrected chi connectivity index (χ4v) is 4.42. The van der Waals surface area contributed by atoms with Crippen LogP contribution >= 0.6 is 0 Å². The van der Waals surface area contributed by atoms with Gasteiger partial charge in [-0.05, 0) is 37.5 Å². The summed E-state index contributed by atoms with van der Waals surface area (Å²) in [7, 11) is 0. The third kappa shape index (κ3) is 5.81. The van der Waals surface area contributed by atoms with E-state index in [2.05, 4.69) is 9.88 Å². The van der Waals surface area contributed by atoms with Gasteiger partial charge in [-0.1, -0.05) is 49.4 Å². The molecule has 8 heteroatoms. The molecular weight excluding hydrogens is 453 g/mol. The van der Waals surface area contributed by atoms with Crippen molar-refractivity contribution in [3.63, 3.8) is 0 Å². The lowest BCUT2D eigenvalue weighted by molar-refractivity contribution is -0.137. The van der Waals surface area contributed by atoms with Gasteiger partial charge in [-0.2, -0.15) is 13.2 Å². The van der Waals surface area contributed by atoms with E-state index in [0.29, 0.717) is 44.0 Å². The average molecular weight is 483 g/mol. The van der Waals surface area contributed by atoms with Crippen LogP contribution in [0.3, 0.4) is 0 Å². The monoisotopic (exact) mass is 482 g/mol. The number of alkyl halides is 3. The van der Waals surface area contributed by atoms with Crippen LogP contribution in [-0.2, 0) is 23.8 Å². The molecule has 1 fully saturated rings. The Balaban J connectivity index is 1.47. The van der Waals surface area contributed by atoms with E-state index >= 15 is 0 Å². The second-order valence-corrected chi connectivity index (χ2v) is 8.72. The normalized spacial score (nSPS) is 14.3. The van der Waals surface area contributed by atoms with E-state index in [1.165, 1.54) is 12.1 Å². The maximum Gasteiger partial charge on any atom is 0.416 e. The highest BCUT2D eigenvalue weighted by Gasteiger charge is 2.30. The van der Waals surface area contributed by atoms with Gasteiger partial charge >= 0.3 is 6.18 Å². The van der Waals surface area contributed by atoms with Gasteiger partial charge in [-0.3, -0.25) is 4.79 Å². The summed E-state index contributed by atoms with van der Waals surface area (Å²) in [5.41, 5.74) is 2.83. The van der Waals surface area contributed by atoms with Crippen molar-refractivity contribution in [2.45, 2.75) is 39.3 Å². The Morgan fingerprint density at radius 3 is 2.20 bits per heavy atom. The topological polar surface area (TPSA) is 49.3 Å². The molecule has 0 unspecified atom stereocenters. The molecule has 0 aliphatic carbocycles. The molecule has 0 spiro atoms. The summed E-state index contributed by atoms with van der Waals surface area (Å²) in [6.07, 6.45) is -2.44. The lowest BCUT2D eigenvalue weighted by Crippen LogP contribution is -2.49. The lowest BCUT2D eigenvalue weighted by Gasteiger charge is -2.36. The molecule has 0 bridgehead atoms. The van der Waals surface area contributed by atoms with Gasteiger partial charge < -0.3 is 9.80 Å². The van der Waals surface area contributed by atoms with Crippen molar-refractivity contribution in [2.75, 3.05) is 31.1 Å². The van der Waals surface area contributed by atoms with Crippen molar-refractivity contribution in [2.24, 2.45) is 0 Å². The Morgan fingerprint density at radius 2 is 1.60 bits per heavy atom. The molecule has 0 N–H and O–H groups in total. The van der Waals surface area contributed by atoms with Crippen molar-refractivity contribution in [3.05, 3.63) is 77.0 Å². The minimum Gasteiger partial charge on any atom is -0.353 e. The predicted octanol–water partition coefficient (Wildman–Crippen LogP) is 5.31. The van der Waals surface area contributed by atoms with E-state index in [1.807, 2.05) is 49.1 Å². The van der Waals surface area contributed by atoms with Crippen LogP contribution in [0.2, 0.25) is 0 Å². The average Bonchev–Trinajstić information content (AvgIpc) is 2.87. The summed E-state index contributed by atoms with van der Waals surface area (Å²) in [5.74, 6) is 1.35. The molecule has 5 nitrogen and oxygen atoms in total. The van der Waals surface area contributed by atoms with Gasteiger partial charge in [-0.25, -0.2) is 9.97 Å². The first-order valence-electron chi connectivity index (χ1n) is 11.9. The number of halogens is 3. The van der Waals surface area contributed by atoms with Gasteiger partial charge in [0.05, 0.1) is 5.56 Å². The Bertz CT molecular complexity index is 1160. The SMILES string of the molecule is CCc1c(C)nc(-c2ccc(C(F)(F)F)cc2)nc1N1CCN(C(=O)CCc2ccccc2)CC1. The first kappa shape index (κ1) is 24.7. The van der Waals surface area contributed by atoms with Crippen molar-refractivity contribution in [1.82, 2.24) is 14.9 Å². The number of hydrogen-bond acceptors (Lipinski definition) is 4. The zero-order valence-electron chi connectivity index (χ0n) is 20.0. The molecule has 2 aromatic carbocycles. The van der Waals surface area contributed by atoms with Gasteiger partial charge in [0.2, 0.25) is 5.91 Å². The maximum atomic E-state index is 12.9. The first-order chi connectivity index (χ1) is 16.8. The molecule has 1 aliphatic rings. The summed E-state index contributed by atoms with van der Waals surface area (Å²) in [6.45, 7) is 6.45. The Kier molecular flexibility index (Phi) is 7.38. The number of piperazine rings is 1. The summed E-state index contributed by atoms with van der Waals surface area (Å²) >= 11 is 0. The molecule has 184 valence electrons. The molecule has 1 aliphatic heterocycles. The van der Waals surface area contributed by atoms with E-state index in [9.17, 15) is 18.0 Å². The highest BCUT2D eigenvalue weighted by molar-refractivity contribution is 5.77. The second kappa shape index (κ2) is 10.5. The highest BCUT2D eigenvalue weighted by Crippen LogP contribution is 2.31. The Hall–Kier alpha value is -3.42. The quantitative estimate of drug-likeness (QED) is 0.478. The molecule has 1 aromatic heterocycles.